The summed E-state index contributed by atoms with van der Waals surface area (Å²) in [6, 6.07) is 0.00343. The highest BCUT2D eigenvalue weighted by atomic mass is 14.8. The average Bonchev–Trinajstić information content (AvgIpc) is 2.91. The van der Waals surface area contributed by atoms with Crippen molar-refractivity contribution in [2.75, 3.05) is 0 Å². The second kappa shape index (κ2) is 2.88. The lowest BCUT2D eigenvalue weighted by Crippen LogP contribution is -2.35. The van der Waals surface area contributed by atoms with Crippen LogP contribution in [0, 0.1) is 11.8 Å². The summed E-state index contributed by atoms with van der Waals surface area (Å²) in [6.07, 6.45) is 4.92. The summed E-state index contributed by atoms with van der Waals surface area (Å²) in [7, 11) is 0. The molecule has 0 heterocycles. The van der Waals surface area contributed by atoms with E-state index in [0.29, 0.717) is 5.92 Å². The van der Waals surface area contributed by atoms with E-state index in [9.17, 15) is 0 Å². The first-order valence-corrected chi connectivity index (χ1v) is 5.04. The molecule has 4 N–H and O–H groups in total. The number of allylic oxidation sites excluding steroid dienone is 2. The molecule has 0 aromatic heterocycles. The van der Waals surface area contributed by atoms with Gasteiger partial charge in [0, 0.05) is 5.70 Å². The van der Waals surface area contributed by atoms with Gasteiger partial charge in [-0.1, -0.05) is 13.0 Å². The van der Waals surface area contributed by atoms with Crippen LogP contribution in [-0.2, 0) is 0 Å². The molecule has 0 radical (unpaired) electrons. The third-order valence-corrected chi connectivity index (χ3v) is 3.32. The van der Waals surface area contributed by atoms with E-state index < -0.39 is 0 Å². The van der Waals surface area contributed by atoms with Crippen molar-refractivity contribution in [3.8, 4) is 0 Å². The molecule has 2 unspecified atom stereocenters. The second-order valence-corrected chi connectivity index (χ2v) is 4.35. The van der Waals surface area contributed by atoms with E-state index in [4.69, 9.17) is 11.5 Å². The van der Waals surface area contributed by atoms with Crippen molar-refractivity contribution >= 4 is 0 Å². The van der Waals surface area contributed by atoms with Crippen LogP contribution in [0.5, 0.6) is 0 Å². The van der Waals surface area contributed by atoms with Crippen molar-refractivity contribution in [1.29, 1.82) is 0 Å². The standard InChI is InChI=1S/C11H18N2/c1-6-5-9(8-3-4-8)11(13)10(12)7(6)2/h5-6,8,11H,3-4,12-13H2,1-2H3. The van der Waals surface area contributed by atoms with Crippen LogP contribution in [-0.4, -0.2) is 6.04 Å². The van der Waals surface area contributed by atoms with Crippen LogP contribution < -0.4 is 11.5 Å². The quantitative estimate of drug-likeness (QED) is 0.598. The molecule has 1 fully saturated rings. The Morgan fingerprint density at radius 1 is 1.38 bits per heavy atom. The molecule has 0 bridgehead atoms. The summed E-state index contributed by atoms with van der Waals surface area (Å²) < 4.78 is 0. The SMILES string of the molecule is CC1=C(N)C(N)C(C2CC2)=CC1C. The number of rotatable bonds is 1. The van der Waals surface area contributed by atoms with E-state index in [2.05, 4.69) is 19.9 Å². The molecule has 2 aliphatic rings. The molecule has 2 nitrogen and oxygen atoms in total. The molecule has 2 atom stereocenters. The summed E-state index contributed by atoms with van der Waals surface area (Å²) in [4.78, 5) is 0. The van der Waals surface area contributed by atoms with Gasteiger partial charge in [0.15, 0.2) is 0 Å². The van der Waals surface area contributed by atoms with Gasteiger partial charge in [-0.15, -0.1) is 0 Å². The number of hydrogen-bond acceptors (Lipinski definition) is 2. The normalized spacial score (nSPS) is 34.8. The zero-order valence-electron chi connectivity index (χ0n) is 8.38. The molecule has 0 amide bonds. The van der Waals surface area contributed by atoms with Gasteiger partial charge in [-0.2, -0.15) is 0 Å². The summed E-state index contributed by atoms with van der Waals surface area (Å²) >= 11 is 0. The van der Waals surface area contributed by atoms with Gasteiger partial charge >= 0.3 is 0 Å². The highest BCUT2D eigenvalue weighted by molar-refractivity contribution is 5.38. The van der Waals surface area contributed by atoms with Gasteiger partial charge in [0.2, 0.25) is 0 Å². The Hall–Kier alpha value is -0.760. The van der Waals surface area contributed by atoms with Crippen LogP contribution in [0.25, 0.3) is 0 Å². The van der Waals surface area contributed by atoms with Crippen molar-refractivity contribution < 1.29 is 0 Å². The monoisotopic (exact) mass is 178 g/mol. The van der Waals surface area contributed by atoms with Crippen LogP contribution in [0.4, 0.5) is 0 Å². The fraction of sp³-hybridized carbons (Fsp3) is 0.636. The molecule has 0 spiro atoms. The topological polar surface area (TPSA) is 52.0 Å². The predicted molar refractivity (Wildman–Crippen MR) is 54.8 cm³/mol. The molecule has 2 rings (SSSR count). The van der Waals surface area contributed by atoms with Gasteiger partial charge in [0.05, 0.1) is 6.04 Å². The summed E-state index contributed by atoms with van der Waals surface area (Å²) in [6.45, 7) is 4.27. The van der Waals surface area contributed by atoms with Crippen molar-refractivity contribution in [3.05, 3.63) is 22.9 Å². The summed E-state index contributed by atoms with van der Waals surface area (Å²) in [5.41, 5.74) is 15.6. The maximum atomic E-state index is 6.06. The minimum absolute atomic E-state index is 0.00343. The molecule has 0 aromatic carbocycles. The lowest BCUT2D eigenvalue weighted by atomic mass is 9.84. The van der Waals surface area contributed by atoms with E-state index in [1.165, 1.54) is 24.0 Å². The zero-order valence-corrected chi connectivity index (χ0v) is 8.38. The molecule has 0 saturated heterocycles. The van der Waals surface area contributed by atoms with Crippen molar-refractivity contribution in [3.63, 3.8) is 0 Å². The molecule has 1 saturated carbocycles. The Labute approximate surface area is 79.7 Å². The fourth-order valence-electron chi connectivity index (χ4n) is 2.01. The van der Waals surface area contributed by atoms with Crippen LogP contribution in [0.2, 0.25) is 0 Å². The number of hydrogen-bond donors (Lipinski definition) is 2. The Morgan fingerprint density at radius 3 is 2.54 bits per heavy atom. The highest BCUT2D eigenvalue weighted by Gasteiger charge is 2.33. The van der Waals surface area contributed by atoms with Crippen molar-refractivity contribution in [1.82, 2.24) is 0 Å². The molecule has 2 heteroatoms. The second-order valence-electron chi connectivity index (χ2n) is 4.35. The van der Waals surface area contributed by atoms with Crippen molar-refractivity contribution in [2.24, 2.45) is 23.3 Å². The summed E-state index contributed by atoms with van der Waals surface area (Å²) in [5.74, 6) is 1.22. The zero-order chi connectivity index (χ0) is 9.59. The average molecular weight is 178 g/mol. The Kier molecular flexibility index (Phi) is 1.95. The van der Waals surface area contributed by atoms with Gasteiger partial charge in [-0.25, -0.2) is 0 Å². The van der Waals surface area contributed by atoms with E-state index in [1.54, 1.807) is 0 Å². The van der Waals surface area contributed by atoms with Crippen molar-refractivity contribution in [2.45, 2.75) is 32.7 Å². The van der Waals surface area contributed by atoms with Gasteiger partial charge in [-0.05, 0) is 42.7 Å². The Morgan fingerprint density at radius 2 is 2.00 bits per heavy atom. The predicted octanol–water partition coefficient (Wildman–Crippen LogP) is 1.53. The van der Waals surface area contributed by atoms with Gasteiger partial charge in [0.25, 0.3) is 0 Å². The Balaban J connectivity index is 2.27. The van der Waals surface area contributed by atoms with Gasteiger partial charge in [0.1, 0.15) is 0 Å². The first-order chi connectivity index (χ1) is 6.11. The van der Waals surface area contributed by atoms with Gasteiger partial charge in [-0.3, -0.25) is 0 Å². The fourth-order valence-corrected chi connectivity index (χ4v) is 2.01. The Bertz CT molecular complexity index is 284. The molecule has 2 aliphatic carbocycles. The highest BCUT2D eigenvalue weighted by Crippen LogP contribution is 2.41. The third kappa shape index (κ3) is 1.39. The van der Waals surface area contributed by atoms with Crippen LogP contribution in [0.1, 0.15) is 26.7 Å². The first kappa shape index (κ1) is 8.82. The van der Waals surface area contributed by atoms with E-state index in [1.807, 2.05) is 0 Å². The third-order valence-electron chi connectivity index (χ3n) is 3.32. The lowest BCUT2D eigenvalue weighted by molar-refractivity contribution is 0.690. The van der Waals surface area contributed by atoms with Crippen LogP contribution >= 0.6 is 0 Å². The number of nitrogens with two attached hydrogens (primary N) is 2. The maximum Gasteiger partial charge on any atom is 0.0660 e. The molecular formula is C11H18N2. The largest absolute Gasteiger partial charge is 0.401 e. The molecule has 13 heavy (non-hydrogen) atoms. The van der Waals surface area contributed by atoms with E-state index in [-0.39, 0.29) is 6.04 Å². The first-order valence-electron chi connectivity index (χ1n) is 5.04. The van der Waals surface area contributed by atoms with E-state index >= 15 is 0 Å². The molecular weight excluding hydrogens is 160 g/mol. The molecule has 0 aliphatic heterocycles. The minimum Gasteiger partial charge on any atom is -0.401 e. The molecule has 0 aromatic rings. The van der Waals surface area contributed by atoms with Crippen LogP contribution in [0.15, 0.2) is 22.9 Å². The van der Waals surface area contributed by atoms with Crippen LogP contribution in [0.3, 0.4) is 0 Å². The lowest BCUT2D eigenvalue weighted by Gasteiger charge is -2.27. The minimum atomic E-state index is 0.00343. The molecule has 72 valence electrons. The van der Waals surface area contributed by atoms with Gasteiger partial charge < -0.3 is 11.5 Å². The maximum absolute atomic E-state index is 6.06. The smallest absolute Gasteiger partial charge is 0.0660 e. The van der Waals surface area contributed by atoms with E-state index in [0.717, 1.165) is 11.6 Å². The summed E-state index contributed by atoms with van der Waals surface area (Å²) in [5, 5.41) is 0.